The summed E-state index contributed by atoms with van der Waals surface area (Å²) in [6.07, 6.45) is -1.05. The minimum absolute atomic E-state index is 0.171. The van der Waals surface area contributed by atoms with Gasteiger partial charge in [0, 0.05) is 11.8 Å². The Balaban J connectivity index is 2.04. The molecule has 6 nitrogen and oxygen atoms in total. The Bertz CT molecular complexity index is 761. The molecule has 1 N–H and O–H groups in total. The normalized spacial score (nSPS) is 11.4. The number of carbonyl (C=O) groups is 2. The Kier molecular flexibility index (Phi) is 5.94. The van der Waals surface area contributed by atoms with E-state index in [9.17, 15) is 14.0 Å². The van der Waals surface area contributed by atoms with Crippen LogP contribution < -0.4 is 14.8 Å². The SMILES string of the molecule is COc1ccc(C(=O)OC(C)C(=O)Nc2ccc(F)cc2)c(OC)c1. The lowest BCUT2D eigenvalue weighted by molar-refractivity contribution is -0.123. The molecule has 1 unspecified atom stereocenters. The van der Waals surface area contributed by atoms with Crippen LogP contribution in [0.4, 0.5) is 10.1 Å². The van der Waals surface area contributed by atoms with E-state index in [4.69, 9.17) is 14.2 Å². The number of hydrogen-bond acceptors (Lipinski definition) is 5. The zero-order chi connectivity index (χ0) is 18.4. The van der Waals surface area contributed by atoms with Gasteiger partial charge in [-0.05, 0) is 43.3 Å². The van der Waals surface area contributed by atoms with E-state index in [0.29, 0.717) is 11.4 Å². The number of hydrogen-bond donors (Lipinski definition) is 1. The highest BCUT2D eigenvalue weighted by Crippen LogP contribution is 2.25. The first kappa shape index (κ1) is 18.3. The average Bonchev–Trinajstić information content (AvgIpc) is 2.62. The van der Waals surface area contributed by atoms with Crippen LogP contribution in [0, 0.1) is 5.82 Å². The fraction of sp³-hybridized carbons (Fsp3) is 0.222. The third-order valence-electron chi connectivity index (χ3n) is 3.39. The largest absolute Gasteiger partial charge is 0.497 e. The molecule has 0 spiro atoms. The average molecular weight is 347 g/mol. The molecule has 2 aromatic rings. The molecule has 0 saturated carbocycles. The number of halogens is 1. The van der Waals surface area contributed by atoms with Crippen molar-refractivity contribution in [2.24, 2.45) is 0 Å². The summed E-state index contributed by atoms with van der Waals surface area (Å²) < 4.78 is 28.2. The number of amides is 1. The predicted molar refractivity (Wildman–Crippen MR) is 89.5 cm³/mol. The first-order valence-corrected chi connectivity index (χ1v) is 7.44. The van der Waals surface area contributed by atoms with Crippen LogP contribution in [0.2, 0.25) is 0 Å². The van der Waals surface area contributed by atoms with Crippen LogP contribution in [0.5, 0.6) is 11.5 Å². The number of methoxy groups -OCH3 is 2. The topological polar surface area (TPSA) is 73.9 Å². The van der Waals surface area contributed by atoms with Gasteiger partial charge < -0.3 is 19.5 Å². The van der Waals surface area contributed by atoms with Gasteiger partial charge >= 0.3 is 5.97 Å². The standard InChI is InChI=1S/C18H18FNO5/c1-11(17(21)20-13-6-4-12(19)5-7-13)25-18(22)15-9-8-14(23-2)10-16(15)24-3/h4-11H,1-3H3,(H,20,21). The molecule has 132 valence electrons. The lowest BCUT2D eigenvalue weighted by Crippen LogP contribution is -2.30. The van der Waals surface area contributed by atoms with Crippen LogP contribution in [0.15, 0.2) is 42.5 Å². The van der Waals surface area contributed by atoms with Gasteiger partial charge in [-0.25, -0.2) is 9.18 Å². The van der Waals surface area contributed by atoms with Crippen LogP contribution >= 0.6 is 0 Å². The van der Waals surface area contributed by atoms with Gasteiger partial charge in [0.25, 0.3) is 5.91 Å². The van der Waals surface area contributed by atoms with Gasteiger partial charge in [-0.3, -0.25) is 4.79 Å². The molecule has 0 heterocycles. The zero-order valence-corrected chi connectivity index (χ0v) is 14.0. The second kappa shape index (κ2) is 8.14. The summed E-state index contributed by atoms with van der Waals surface area (Å²) in [6.45, 7) is 1.44. The van der Waals surface area contributed by atoms with E-state index in [1.807, 2.05) is 0 Å². The molecule has 0 saturated heterocycles. The molecular weight excluding hydrogens is 329 g/mol. The van der Waals surface area contributed by atoms with Crippen molar-refractivity contribution in [3.8, 4) is 11.5 Å². The van der Waals surface area contributed by atoms with Gasteiger partial charge in [0.15, 0.2) is 6.10 Å². The molecule has 7 heteroatoms. The Morgan fingerprint density at radius 1 is 1.04 bits per heavy atom. The summed E-state index contributed by atoms with van der Waals surface area (Å²) in [6, 6.07) is 9.87. The summed E-state index contributed by atoms with van der Waals surface area (Å²) in [7, 11) is 2.91. The van der Waals surface area contributed by atoms with E-state index in [1.54, 1.807) is 12.1 Å². The van der Waals surface area contributed by atoms with E-state index in [1.165, 1.54) is 51.5 Å². The minimum atomic E-state index is -1.05. The smallest absolute Gasteiger partial charge is 0.342 e. The summed E-state index contributed by atoms with van der Waals surface area (Å²) in [4.78, 5) is 24.3. The van der Waals surface area contributed by atoms with Crippen molar-refractivity contribution in [1.82, 2.24) is 0 Å². The number of ether oxygens (including phenoxy) is 3. The molecule has 0 radical (unpaired) electrons. The highest BCUT2D eigenvalue weighted by atomic mass is 19.1. The molecule has 0 aliphatic heterocycles. The number of nitrogens with one attached hydrogen (secondary N) is 1. The van der Waals surface area contributed by atoms with E-state index >= 15 is 0 Å². The van der Waals surface area contributed by atoms with Crippen LogP contribution in [-0.4, -0.2) is 32.2 Å². The summed E-state index contributed by atoms with van der Waals surface area (Å²) in [5.74, 6) is -0.858. The van der Waals surface area contributed by atoms with Crippen molar-refractivity contribution in [2.45, 2.75) is 13.0 Å². The lowest BCUT2D eigenvalue weighted by atomic mass is 10.2. The van der Waals surface area contributed by atoms with Crippen molar-refractivity contribution in [3.05, 3.63) is 53.8 Å². The fourth-order valence-electron chi connectivity index (χ4n) is 2.02. The van der Waals surface area contributed by atoms with Crippen molar-refractivity contribution >= 4 is 17.6 Å². The van der Waals surface area contributed by atoms with Crippen LogP contribution in [0.25, 0.3) is 0 Å². The van der Waals surface area contributed by atoms with Gasteiger partial charge in [-0.1, -0.05) is 0 Å². The second-order valence-electron chi connectivity index (χ2n) is 5.11. The van der Waals surface area contributed by atoms with E-state index in [-0.39, 0.29) is 11.3 Å². The number of carbonyl (C=O) groups excluding carboxylic acids is 2. The second-order valence-corrected chi connectivity index (χ2v) is 5.11. The molecule has 25 heavy (non-hydrogen) atoms. The Labute approximate surface area is 144 Å². The van der Waals surface area contributed by atoms with E-state index in [0.717, 1.165) is 0 Å². The van der Waals surface area contributed by atoms with Gasteiger partial charge in [0.05, 0.1) is 14.2 Å². The Morgan fingerprint density at radius 3 is 2.32 bits per heavy atom. The van der Waals surface area contributed by atoms with E-state index in [2.05, 4.69) is 5.32 Å². The van der Waals surface area contributed by atoms with Crippen molar-refractivity contribution in [2.75, 3.05) is 19.5 Å². The van der Waals surface area contributed by atoms with Crippen LogP contribution in [0.3, 0.4) is 0 Å². The molecule has 0 bridgehead atoms. The van der Waals surface area contributed by atoms with Gasteiger partial charge in [0.1, 0.15) is 22.9 Å². The number of anilines is 1. The van der Waals surface area contributed by atoms with Crippen molar-refractivity contribution in [1.29, 1.82) is 0 Å². The molecule has 2 rings (SSSR count). The van der Waals surface area contributed by atoms with Crippen molar-refractivity contribution < 1.29 is 28.2 Å². The van der Waals surface area contributed by atoms with Gasteiger partial charge in [-0.2, -0.15) is 0 Å². The molecule has 1 atom stereocenters. The maximum atomic E-state index is 12.9. The third kappa shape index (κ3) is 4.69. The fourth-order valence-corrected chi connectivity index (χ4v) is 2.02. The quantitative estimate of drug-likeness (QED) is 0.813. The molecule has 1 amide bonds. The maximum absolute atomic E-state index is 12.9. The highest BCUT2D eigenvalue weighted by Gasteiger charge is 2.22. The first-order valence-electron chi connectivity index (χ1n) is 7.44. The zero-order valence-electron chi connectivity index (χ0n) is 14.0. The maximum Gasteiger partial charge on any atom is 0.342 e. The molecule has 0 aliphatic carbocycles. The summed E-state index contributed by atoms with van der Waals surface area (Å²) in [5.41, 5.74) is 0.570. The number of rotatable bonds is 6. The van der Waals surface area contributed by atoms with Crippen LogP contribution in [-0.2, 0) is 9.53 Å². The van der Waals surface area contributed by atoms with Gasteiger partial charge in [-0.15, -0.1) is 0 Å². The lowest BCUT2D eigenvalue weighted by Gasteiger charge is -2.15. The molecule has 0 aliphatic rings. The Hall–Kier alpha value is -3.09. The minimum Gasteiger partial charge on any atom is -0.497 e. The Morgan fingerprint density at radius 2 is 1.72 bits per heavy atom. The molecule has 0 aromatic heterocycles. The molecule has 0 fully saturated rings. The summed E-state index contributed by atoms with van der Waals surface area (Å²) >= 11 is 0. The molecule has 2 aromatic carbocycles. The van der Waals surface area contributed by atoms with Crippen molar-refractivity contribution in [3.63, 3.8) is 0 Å². The van der Waals surface area contributed by atoms with E-state index < -0.39 is 23.8 Å². The monoisotopic (exact) mass is 347 g/mol. The van der Waals surface area contributed by atoms with Crippen LogP contribution in [0.1, 0.15) is 17.3 Å². The molecular formula is C18H18FNO5. The third-order valence-corrected chi connectivity index (χ3v) is 3.39. The van der Waals surface area contributed by atoms with Gasteiger partial charge in [0.2, 0.25) is 0 Å². The predicted octanol–water partition coefficient (Wildman–Crippen LogP) is 3.03. The first-order chi connectivity index (χ1) is 11.9. The number of esters is 1. The number of benzene rings is 2. The summed E-state index contributed by atoms with van der Waals surface area (Å²) in [5, 5.41) is 2.54. The highest BCUT2D eigenvalue weighted by molar-refractivity contribution is 5.98.